The first kappa shape index (κ1) is 13.9. The SMILES string of the molecule is CCC(NC(=O)Nc1cc(F)cc(F)c1)C(=O)O. The molecule has 1 unspecified atom stereocenters. The number of hydrogen-bond acceptors (Lipinski definition) is 2. The largest absolute Gasteiger partial charge is 0.480 e. The van der Waals surface area contributed by atoms with E-state index in [9.17, 15) is 18.4 Å². The molecular formula is C11H12F2N2O3. The van der Waals surface area contributed by atoms with Crippen molar-refractivity contribution in [2.45, 2.75) is 19.4 Å². The zero-order valence-electron chi connectivity index (χ0n) is 9.54. The van der Waals surface area contributed by atoms with E-state index in [0.29, 0.717) is 6.07 Å². The minimum Gasteiger partial charge on any atom is -0.480 e. The number of carbonyl (C=O) groups excluding carboxylic acids is 1. The summed E-state index contributed by atoms with van der Waals surface area (Å²) in [6, 6.07) is 0.613. The molecule has 0 aliphatic rings. The molecule has 1 aromatic carbocycles. The van der Waals surface area contributed by atoms with Crippen LogP contribution >= 0.6 is 0 Å². The number of amides is 2. The number of rotatable bonds is 4. The number of carbonyl (C=O) groups is 2. The maximum Gasteiger partial charge on any atom is 0.326 e. The van der Waals surface area contributed by atoms with Gasteiger partial charge in [-0.15, -0.1) is 0 Å². The summed E-state index contributed by atoms with van der Waals surface area (Å²) < 4.78 is 25.7. The number of carboxylic acid groups (broad SMARTS) is 1. The van der Waals surface area contributed by atoms with E-state index in [1.54, 1.807) is 6.92 Å². The van der Waals surface area contributed by atoms with Gasteiger partial charge in [0, 0.05) is 11.8 Å². The molecule has 1 atom stereocenters. The fourth-order valence-electron chi connectivity index (χ4n) is 1.29. The van der Waals surface area contributed by atoms with Crippen molar-refractivity contribution in [3.8, 4) is 0 Å². The monoisotopic (exact) mass is 258 g/mol. The Kier molecular flexibility index (Phi) is 4.59. The summed E-state index contributed by atoms with van der Waals surface area (Å²) in [7, 11) is 0. The van der Waals surface area contributed by atoms with Crippen LogP contribution in [0.4, 0.5) is 19.3 Å². The van der Waals surface area contributed by atoms with Crippen LogP contribution in [0.2, 0.25) is 0 Å². The Hall–Kier alpha value is -2.18. The molecule has 98 valence electrons. The van der Waals surface area contributed by atoms with Crippen molar-refractivity contribution in [2.75, 3.05) is 5.32 Å². The molecule has 0 fully saturated rings. The second kappa shape index (κ2) is 5.95. The lowest BCUT2D eigenvalue weighted by Gasteiger charge is -2.13. The standard InChI is InChI=1S/C11H12F2N2O3/c1-2-9(10(16)17)15-11(18)14-8-4-6(12)3-7(13)5-8/h3-5,9H,2H2,1H3,(H,16,17)(H2,14,15,18). The highest BCUT2D eigenvalue weighted by Gasteiger charge is 2.17. The maximum atomic E-state index is 12.8. The van der Waals surface area contributed by atoms with Crippen LogP contribution < -0.4 is 10.6 Å². The average Bonchev–Trinajstić information content (AvgIpc) is 2.23. The van der Waals surface area contributed by atoms with Crippen molar-refractivity contribution in [3.05, 3.63) is 29.8 Å². The molecule has 1 rings (SSSR count). The van der Waals surface area contributed by atoms with Gasteiger partial charge in [0.05, 0.1) is 0 Å². The number of benzene rings is 1. The minimum absolute atomic E-state index is 0.0924. The van der Waals surface area contributed by atoms with E-state index < -0.39 is 29.7 Å². The van der Waals surface area contributed by atoms with Gasteiger partial charge in [0.1, 0.15) is 17.7 Å². The Bertz CT molecular complexity index is 445. The molecule has 0 saturated heterocycles. The summed E-state index contributed by atoms with van der Waals surface area (Å²) in [6.45, 7) is 1.58. The molecule has 3 N–H and O–H groups in total. The Morgan fingerprint density at radius 3 is 2.28 bits per heavy atom. The smallest absolute Gasteiger partial charge is 0.326 e. The number of hydrogen-bond donors (Lipinski definition) is 3. The number of halogens is 2. The third-order valence-electron chi connectivity index (χ3n) is 2.13. The van der Waals surface area contributed by atoms with Crippen molar-refractivity contribution in [1.29, 1.82) is 0 Å². The van der Waals surface area contributed by atoms with Gasteiger partial charge in [-0.25, -0.2) is 18.4 Å². The van der Waals surface area contributed by atoms with Gasteiger partial charge in [-0.3, -0.25) is 0 Å². The van der Waals surface area contributed by atoms with Crippen molar-refractivity contribution >= 4 is 17.7 Å². The second-order valence-electron chi connectivity index (χ2n) is 3.56. The van der Waals surface area contributed by atoms with E-state index in [4.69, 9.17) is 5.11 Å². The zero-order chi connectivity index (χ0) is 13.7. The van der Waals surface area contributed by atoms with Crippen molar-refractivity contribution < 1.29 is 23.5 Å². The van der Waals surface area contributed by atoms with Crippen LogP contribution in [-0.4, -0.2) is 23.1 Å². The van der Waals surface area contributed by atoms with Gasteiger partial charge in [0.15, 0.2) is 0 Å². The van der Waals surface area contributed by atoms with Gasteiger partial charge in [0.2, 0.25) is 0 Å². The fraction of sp³-hybridized carbons (Fsp3) is 0.273. The van der Waals surface area contributed by atoms with Crippen LogP contribution in [0.3, 0.4) is 0 Å². The summed E-state index contributed by atoms with van der Waals surface area (Å²) in [5.41, 5.74) is -0.0924. The Morgan fingerprint density at radius 1 is 1.28 bits per heavy atom. The Labute approximate surface area is 102 Å². The molecule has 5 nitrogen and oxygen atoms in total. The lowest BCUT2D eigenvalue weighted by molar-refractivity contribution is -0.139. The molecule has 0 bridgehead atoms. The quantitative estimate of drug-likeness (QED) is 0.772. The van der Waals surface area contributed by atoms with Crippen LogP contribution in [0.1, 0.15) is 13.3 Å². The summed E-state index contributed by atoms with van der Waals surface area (Å²) >= 11 is 0. The first-order valence-electron chi connectivity index (χ1n) is 5.18. The lowest BCUT2D eigenvalue weighted by atomic mass is 10.2. The van der Waals surface area contributed by atoms with Crippen LogP contribution in [0.5, 0.6) is 0 Å². The van der Waals surface area contributed by atoms with E-state index in [1.165, 1.54) is 0 Å². The molecule has 2 amide bonds. The average molecular weight is 258 g/mol. The summed E-state index contributed by atoms with van der Waals surface area (Å²) in [5, 5.41) is 13.0. The highest BCUT2D eigenvalue weighted by Crippen LogP contribution is 2.12. The zero-order valence-corrected chi connectivity index (χ0v) is 9.54. The first-order valence-corrected chi connectivity index (χ1v) is 5.18. The number of anilines is 1. The van der Waals surface area contributed by atoms with E-state index in [0.717, 1.165) is 12.1 Å². The van der Waals surface area contributed by atoms with Crippen LogP contribution in [0.25, 0.3) is 0 Å². The molecule has 7 heteroatoms. The van der Waals surface area contributed by atoms with Crippen LogP contribution in [0.15, 0.2) is 18.2 Å². The first-order chi connectivity index (χ1) is 8.42. The van der Waals surface area contributed by atoms with Crippen LogP contribution in [0, 0.1) is 11.6 Å². The molecule has 1 aromatic rings. The third kappa shape index (κ3) is 4.00. The van der Waals surface area contributed by atoms with Gasteiger partial charge in [-0.1, -0.05) is 6.92 Å². The van der Waals surface area contributed by atoms with E-state index in [1.807, 2.05) is 0 Å². The topological polar surface area (TPSA) is 78.4 Å². The van der Waals surface area contributed by atoms with E-state index in [-0.39, 0.29) is 12.1 Å². The van der Waals surface area contributed by atoms with Gasteiger partial charge in [0.25, 0.3) is 0 Å². The molecule has 0 aliphatic heterocycles. The number of aliphatic carboxylic acids is 1. The summed E-state index contributed by atoms with van der Waals surface area (Å²) in [5.74, 6) is -2.86. The number of carboxylic acids is 1. The minimum atomic E-state index is -1.18. The fourth-order valence-corrected chi connectivity index (χ4v) is 1.29. The molecule has 0 radical (unpaired) electrons. The van der Waals surface area contributed by atoms with Crippen molar-refractivity contribution in [1.82, 2.24) is 5.32 Å². The molecule has 0 spiro atoms. The third-order valence-corrected chi connectivity index (χ3v) is 2.13. The predicted molar refractivity (Wildman–Crippen MR) is 60.2 cm³/mol. The maximum absolute atomic E-state index is 12.8. The van der Waals surface area contributed by atoms with Gasteiger partial charge < -0.3 is 15.7 Å². The Balaban J connectivity index is 2.67. The second-order valence-corrected chi connectivity index (χ2v) is 3.56. The van der Waals surface area contributed by atoms with Crippen molar-refractivity contribution in [2.24, 2.45) is 0 Å². The van der Waals surface area contributed by atoms with Gasteiger partial charge in [-0.05, 0) is 18.6 Å². The lowest BCUT2D eigenvalue weighted by Crippen LogP contribution is -2.42. The van der Waals surface area contributed by atoms with E-state index in [2.05, 4.69) is 10.6 Å². The van der Waals surface area contributed by atoms with E-state index >= 15 is 0 Å². The highest BCUT2D eigenvalue weighted by molar-refractivity contribution is 5.92. The summed E-state index contributed by atoms with van der Waals surface area (Å²) in [6.07, 6.45) is 0.195. The number of nitrogens with one attached hydrogen (secondary N) is 2. The van der Waals surface area contributed by atoms with Gasteiger partial charge >= 0.3 is 12.0 Å². The number of urea groups is 1. The highest BCUT2D eigenvalue weighted by atomic mass is 19.1. The molecule has 0 heterocycles. The summed E-state index contributed by atoms with van der Waals surface area (Å²) in [4.78, 5) is 22.0. The van der Waals surface area contributed by atoms with Crippen LogP contribution in [-0.2, 0) is 4.79 Å². The Morgan fingerprint density at radius 2 is 1.83 bits per heavy atom. The normalized spacial score (nSPS) is 11.7. The van der Waals surface area contributed by atoms with Crippen molar-refractivity contribution in [3.63, 3.8) is 0 Å². The van der Waals surface area contributed by atoms with Gasteiger partial charge in [-0.2, -0.15) is 0 Å². The molecule has 0 saturated carbocycles. The molecule has 18 heavy (non-hydrogen) atoms. The molecule has 0 aliphatic carbocycles. The molecular weight excluding hydrogens is 246 g/mol. The predicted octanol–water partition coefficient (Wildman–Crippen LogP) is 1.95. The molecule has 0 aromatic heterocycles.